The fourth-order valence-electron chi connectivity index (χ4n) is 3.31. The summed E-state index contributed by atoms with van der Waals surface area (Å²) in [5.74, 6) is 1.34. The molecule has 1 amide bonds. The largest absolute Gasteiger partial charge is 0.484 e. The predicted octanol–water partition coefficient (Wildman–Crippen LogP) is 2.60. The van der Waals surface area contributed by atoms with Crippen LogP contribution in [0.25, 0.3) is 0 Å². The number of hydrogen-bond donors (Lipinski definition) is 3. The van der Waals surface area contributed by atoms with Crippen molar-refractivity contribution < 1.29 is 9.53 Å². The molecular weight excluding hydrogens is 364 g/mol. The van der Waals surface area contributed by atoms with Gasteiger partial charge in [-0.25, -0.2) is 0 Å². The number of ether oxygens (including phenoxy) is 1. The van der Waals surface area contributed by atoms with Crippen LogP contribution >= 0.6 is 0 Å². The number of hydrogen-bond acceptors (Lipinski definition) is 3. The molecule has 0 aliphatic heterocycles. The van der Waals surface area contributed by atoms with Crippen molar-refractivity contribution in [2.24, 2.45) is 4.99 Å². The van der Waals surface area contributed by atoms with Crippen LogP contribution in [0.2, 0.25) is 0 Å². The second kappa shape index (κ2) is 9.96. The van der Waals surface area contributed by atoms with Crippen LogP contribution in [-0.2, 0) is 16.8 Å². The van der Waals surface area contributed by atoms with Gasteiger partial charge in [-0.05, 0) is 43.0 Å². The van der Waals surface area contributed by atoms with Gasteiger partial charge in [0.05, 0.1) is 0 Å². The zero-order valence-corrected chi connectivity index (χ0v) is 17.2. The molecule has 3 N–H and O–H groups in total. The Morgan fingerprint density at radius 2 is 1.86 bits per heavy atom. The van der Waals surface area contributed by atoms with Crippen molar-refractivity contribution in [2.45, 2.75) is 31.7 Å². The normalized spacial score (nSPS) is 14.8. The summed E-state index contributed by atoms with van der Waals surface area (Å²) in [6.07, 6.45) is 2.40. The third-order valence-corrected chi connectivity index (χ3v) is 5.16. The van der Waals surface area contributed by atoms with Crippen molar-refractivity contribution in [1.82, 2.24) is 16.0 Å². The van der Waals surface area contributed by atoms with Crippen LogP contribution < -0.4 is 20.7 Å². The summed E-state index contributed by atoms with van der Waals surface area (Å²) in [7, 11) is 1.78. The average molecular weight is 395 g/mol. The van der Waals surface area contributed by atoms with E-state index in [1.165, 1.54) is 18.4 Å². The van der Waals surface area contributed by atoms with Crippen LogP contribution in [0.4, 0.5) is 0 Å². The number of aliphatic imine (C=N–C) groups is 1. The third-order valence-electron chi connectivity index (χ3n) is 5.16. The molecule has 0 spiro atoms. The lowest BCUT2D eigenvalue weighted by molar-refractivity contribution is -0.122. The molecule has 1 aliphatic rings. The first-order valence-corrected chi connectivity index (χ1v) is 10.1. The highest BCUT2D eigenvalue weighted by Crippen LogP contribution is 2.47. The summed E-state index contributed by atoms with van der Waals surface area (Å²) in [5, 5.41) is 9.54. The summed E-state index contributed by atoms with van der Waals surface area (Å²) >= 11 is 0. The maximum Gasteiger partial charge on any atom is 0.257 e. The lowest BCUT2D eigenvalue weighted by Gasteiger charge is -2.19. The van der Waals surface area contributed by atoms with E-state index in [1.54, 1.807) is 7.05 Å². The maximum atomic E-state index is 11.5. The van der Waals surface area contributed by atoms with Gasteiger partial charge in [0.1, 0.15) is 5.75 Å². The molecule has 1 saturated carbocycles. The van der Waals surface area contributed by atoms with E-state index in [-0.39, 0.29) is 17.9 Å². The van der Waals surface area contributed by atoms with Gasteiger partial charge in [0.2, 0.25) is 0 Å². The Morgan fingerprint density at radius 3 is 2.55 bits per heavy atom. The number of benzene rings is 2. The zero-order valence-electron chi connectivity index (χ0n) is 17.2. The Hall–Kier alpha value is -3.02. The van der Waals surface area contributed by atoms with Gasteiger partial charge < -0.3 is 20.7 Å². The van der Waals surface area contributed by atoms with E-state index in [1.807, 2.05) is 31.2 Å². The summed E-state index contributed by atoms with van der Waals surface area (Å²) in [6.45, 7) is 4.00. The SMILES string of the molecule is CCNC(=O)COc1cccc(CNC(=NC)NCC2(c3ccccc3)CC2)c1. The number of likely N-dealkylation sites (N-methyl/N-ethyl adjacent to an activating group) is 1. The van der Waals surface area contributed by atoms with Crippen LogP contribution in [0, 0.1) is 0 Å². The molecule has 0 aromatic heterocycles. The van der Waals surface area contributed by atoms with Crippen molar-refractivity contribution in [3.8, 4) is 5.75 Å². The number of amides is 1. The lowest BCUT2D eigenvalue weighted by Crippen LogP contribution is -2.40. The van der Waals surface area contributed by atoms with Crippen molar-refractivity contribution in [3.63, 3.8) is 0 Å². The number of carbonyl (C=O) groups excluding carboxylic acids is 1. The first-order valence-electron chi connectivity index (χ1n) is 10.1. The molecule has 0 saturated heterocycles. The molecule has 0 heterocycles. The van der Waals surface area contributed by atoms with Crippen LogP contribution in [0.1, 0.15) is 30.9 Å². The number of guanidine groups is 1. The van der Waals surface area contributed by atoms with E-state index in [2.05, 4.69) is 51.3 Å². The van der Waals surface area contributed by atoms with Crippen molar-refractivity contribution in [2.75, 3.05) is 26.7 Å². The molecule has 0 unspecified atom stereocenters. The molecule has 0 radical (unpaired) electrons. The molecule has 0 atom stereocenters. The zero-order chi connectivity index (χ0) is 20.5. The minimum atomic E-state index is -0.118. The van der Waals surface area contributed by atoms with Gasteiger partial charge in [-0.1, -0.05) is 42.5 Å². The highest BCUT2D eigenvalue weighted by molar-refractivity contribution is 5.80. The maximum absolute atomic E-state index is 11.5. The minimum Gasteiger partial charge on any atom is -0.484 e. The van der Waals surface area contributed by atoms with Gasteiger partial charge in [0, 0.05) is 32.1 Å². The summed E-state index contributed by atoms with van der Waals surface area (Å²) in [6, 6.07) is 18.4. The highest BCUT2D eigenvalue weighted by Gasteiger charge is 2.43. The fraction of sp³-hybridized carbons (Fsp3) is 0.391. The molecule has 1 fully saturated rings. The van der Waals surface area contributed by atoms with Crippen molar-refractivity contribution in [1.29, 1.82) is 0 Å². The third kappa shape index (κ3) is 5.98. The first kappa shape index (κ1) is 20.7. The fourth-order valence-corrected chi connectivity index (χ4v) is 3.31. The smallest absolute Gasteiger partial charge is 0.257 e. The summed E-state index contributed by atoms with van der Waals surface area (Å²) in [4.78, 5) is 15.9. The Morgan fingerprint density at radius 1 is 1.07 bits per heavy atom. The van der Waals surface area contributed by atoms with Gasteiger partial charge in [0.25, 0.3) is 5.91 Å². The second-order valence-electron chi connectivity index (χ2n) is 7.32. The van der Waals surface area contributed by atoms with Crippen LogP contribution in [0.3, 0.4) is 0 Å². The predicted molar refractivity (Wildman–Crippen MR) is 116 cm³/mol. The van der Waals surface area contributed by atoms with Crippen LogP contribution in [0.5, 0.6) is 5.75 Å². The molecule has 6 heteroatoms. The molecule has 1 aliphatic carbocycles. The van der Waals surface area contributed by atoms with E-state index in [0.29, 0.717) is 18.8 Å². The Bertz CT molecular complexity index is 832. The summed E-state index contributed by atoms with van der Waals surface area (Å²) < 4.78 is 5.56. The highest BCUT2D eigenvalue weighted by atomic mass is 16.5. The van der Waals surface area contributed by atoms with E-state index >= 15 is 0 Å². The standard InChI is InChI=1S/C23H30N4O2/c1-3-25-21(28)16-29-20-11-7-8-18(14-20)15-26-22(24-2)27-17-23(12-13-23)19-9-5-4-6-10-19/h4-11,14H,3,12-13,15-17H2,1-2H3,(H,25,28)(H2,24,26,27). The monoisotopic (exact) mass is 394 g/mol. The molecule has 2 aromatic carbocycles. The van der Waals surface area contributed by atoms with Crippen LogP contribution in [0.15, 0.2) is 59.6 Å². The van der Waals surface area contributed by atoms with Gasteiger partial charge in [-0.3, -0.25) is 9.79 Å². The van der Waals surface area contributed by atoms with Gasteiger partial charge >= 0.3 is 0 Å². The van der Waals surface area contributed by atoms with Gasteiger partial charge in [-0.15, -0.1) is 0 Å². The number of rotatable bonds is 9. The Balaban J connectivity index is 1.48. The Kier molecular flexibility index (Phi) is 7.11. The van der Waals surface area contributed by atoms with E-state index in [0.717, 1.165) is 18.1 Å². The first-order chi connectivity index (χ1) is 14.1. The molecule has 3 rings (SSSR count). The molecule has 154 valence electrons. The summed E-state index contributed by atoms with van der Waals surface area (Å²) in [5.41, 5.74) is 2.68. The Labute approximate surface area is 172 Å². The number of nitrogens with zero attached hydrogens (tertiary/aromatic N) is 1. The topological polar surface area (TPSA) is 74.8 Å². The van der Waals surface area contributed by atoms with Gasteiger partial charge in [-0.2, -0.15) is 0 Å². The van der Waals surface area contributed by atoms with E-state index < -0.39 is 0 Å². The number of carbonyl (C=O) groups is 1. The quantitative estimate of drug-likeness (QED) is 0.451. The van der Waals surface area contributed by atoms with Crippen molar-refractivity contribution >= 4 is 11.9 Å². The number of nitrogens with one attached hydrogen (secondary N) is 3. The molecule has 0 bridgehead atoms. The minimum absolute atomic E-state index is 0.0233. The molecule has 29 heavy (non-hydrogen) atoms. The van der Waals surface area contributed by atoms with E-state index in [9.17, 15) is 4.79 Å². The van der Waals surface area contributed by atoms with Crippen LogP contribution in [-0.4, -0.2) is 38.6 Å². The van der Waals surface area contributed by atoms with Gasteiger partial charge in [0.15, 0.2) is 12.6 Å². The van der Waals surface area contributed by atoms with E-state index in [4.69, 9.17) is 4.74 Å². The van der Waals surface area contributed by atoms with Crippen molar-refractivity contribution in [3.05, 3.63) is 65.7 Å². The lowest BCUT2D eigenvalue weighted by atomic mass is 9.96. The second-order valence-corrected chi connectivity index (χ2v) is 7.32. The molecule has 2 aromatic rings. The average Bonchev–Trinajstić information content (AvgIpc) is 3.55. The molecule has 6 nitrogen and oxygen atoms in total. The molecular formula is C23H30N4O2.